The molecule has 1 aliphatic carbocycles. The Labute approximate surface area is 157 Å². The lowest BCUT2D eigenvalue weighted by molar-refractivity contribution is -0.124. The van der Waals surface area contributed by atoms with Crippen LogP contribution in [0.4, 0.5) is 5.69 Å². The first-order valence-electron chi connectivity index (χ1n) is 10.2. The Kier molecular flexibility index (Phi) is 4.55. The normalized spacial score (nSPS) is 29.7. The second-order valence-electron chi connectivity index (χ2n) is 8.44. The van der Waals surface area contributed by atoms with Crippen molar-refractivity contribution in [3.05, 3.63) is 35.4 Å². The van der Waals surface area contributed by atoms with E-state index in [9.17, 15) is 4.79 Å². The van der Waals surface area contributed by atoms with Gasteiger partial charge in [0.05, 0.1) is 6.04 Å². The summed E-state index contributed by atoms with van der Waals surface area (Å²) >= 11 is 0. The van der Waals surface area contributed by atoms with Crippen molar-refractivity contribution in [1.82, 2.24) is 10.2 Å². The lowest BCUT2D eigenvalue weighted by Gasteiger charge is -2.44. The molecule has 0 radical (unpaired) electrons. The van der Waals surface area contributed by atoms with Crippen LogP contribution in [0.25, 0.3) is 5.57 Å². The van der Waals surface area contributed by atoms with Crippen molar-refractivity contribution in [2.75, 3.05) is 18.4 Å². The van der Waals surface area contributed by atoms with Gasteiger partial charge in [0.15, 0.2) is 0 Å². The van der Waals surface area contributed by atoms with Crippen LogP contribution >= 0.6 is 0 Å². The van der Waals surface area contributed by atoms with E-state index in [4.69, 9.17) is 0 Å². The summed E-state index contributed by atoms with van der Waals surface area (Å²) in [5.41, 5.74) is 5.61. The average Bonchev–Trinajstić information content (AvgIpc) is 2.93. The first-order valence-corrected chi connectivity index (χ1v) is 10.2. The number of hydrogen-bond donors (Lipinski definition) is 2. The van der Waals surface area contributed by atoms with Gasteiger partial charge in [-0.25, -0.2) is 0 Å². The number of benzene rings is 1. The van der Waals surface area contributed by atoms with Crippen molar-refractivity contribution in [3.63, 3.8) is 0 Å². The number of anilines is 1. The Morgan fingerprint density at radius 3 is 2.92 bits per heavy atom. The smallest absolute Gasteiger partial charge is 0.223 e. The Bertz CT molecular complexity index is 739. The van der Waals surface area contributed by atoms with Gasteiger partial charge in [-0.1, -0.05) is 39.0 Å². The maximum absolute atomic E-state index is 12.3. The quantitative estimate of drug-likeness (QED) is 0.869. The molecular weight excluding hydrogens is 322 g/mol. The van der Waals surface area contributed by atoms with Gasteiger partial charge in [0.1, 0.15) is 0 Å². The molecule has 2 heterocycles. The molecule has 0 saturated carbocycles. The third-order valence-corrected chi connectivity index (χ3v) is 6.23. The summed E-state index contributed by atoms with van der Waals surface area (Å²) in [5, 5.41) is 6.93. The Balaban J connectivity index is 1.74. The molecule has 0 aromatic heterocycles. The van der Waals surface area contributed by atoms with Crippen LogP contribution in [0.15, 0.2) is 24.3 Å². The van der Waals surface area contributed by atoms with Gasteiger partial charge in [-0.05, 0) is 49.1 Å². The predicted octanol–water partition coefficient (Wildman–Crippen LogP) is 3.61. The molecule has 3 aliphatic rings. The number of rotatable bonds is 4. The zero-order chi connectivity index (χ0) is 18.4. The third-order valence-electron chi connectivity index (χ3n) is 6.23. The van der Waals surface area contributed by atoms with E-state index in [1.165, 1.54) is 28.8 Å². The average molecular weight is 354 g/mol. The minimum atomic E-state index is 0.0208. The van der Waals surface area contributed by atoms with Gasteiger partial charge in [-0.2, -0.15) is 0 Å². The van der Waals surface area contributed by atoms with Crippen LogP contribution in [0.2, 0.25) is 0 Å². The monoisotopic (exact) mass is 353 g/mol. The Morgan fingerprint density at radius 1 is 1.38 bits per heavy atom. The van der Waals surface area contributed by atoms with Crippen molar-refractivity contribution >= 4 is 17.2 Å². The van der Waals surface area contributed by atoms with Gasteiger partial charge in [-0.15, -0.1) is 0 Å². The molecule has 140 valence electrons. The number of nitrogens with zero attached hydrogens (tertiary/aromatic N) is 1. The van der Waals surface area contributed by atoms with Gasteiger partial charge in [-0.3, -0.25) is 9.69 Å². The maximum atomic E-state index is 12.3. The number of hydrogen-bond acceptors (Lipinski definition) is 3. The summed E-state index contributed by atoms with van der Waals surface area (Å²) in [5.74, 6) is 0.751. The molecule has 0 saturated heterocycles. The van der Waals surface area contributed by atoms with Crippen molar-refractivity contribution in [2.45, 2.75) is 64.6 Å². The van der Waals surface area contributed by atoms with E-state index in [0.29, 0.717) is 18.0 Å². The molecule has 0 bridgehead atoms. The topological polar surface area (TPSA) is 44.4 Å². The van der Waals surface area contributed by atoms with Crippen LogP contribution < -0.4 is 10.6 Å². The molecule has 4 atom stereocenters. The van der Waals surface area contributed by atoms with Crippen LogP contribution in [0, 0.1) is 5.92 Å². The van der Waals surface area contributed by atoms with Gasteiger partial charge in [0.2, 0.25) is 5.91 Å². The molecule has 1 aromatic carbocycles. The molecule has 4 nitrogen and oxygen atoms in total. The van der Waals surface area contributed by atoms with E-state index >= 15 is 0 Å². The number of carbonyl (C=O) groups excluding carboxylic acids is 1. The summed E-state index contributed by atoms with van der Waals surface area (Å²) in [7, 11) is 0. The van der Waals surface area contributed by atoms with E-state index < -0.39 is 0 Å². The van der Waals surface area contributed by atoms with E-state index in [1.807, 2.05) is 13.8 Å². The fraction of sp³-hybridized carbons (Fsp3) is 0.591. The van der Waals surface area contributed by atoms with Gasteiger partial charge in [0, 0.05) is 36.2 Å². The summed E-state index contributed by atoms with van der Waals surface area (Å²) < 4.78 is 0. The molecular formula is C22H31N3O. The molecule has 1 amide bonds. The Hall–Kier alpha value is -1.81. The highest BCUT2D eigenvalue weighted by molar-refractivity contribution is 5.83. The fourth-order valence-corrected chi connectivity index (χ4v) is 4.97. The van der Waals surface area contributed by atoms with Crippen LogP contribution in [-0.2, 0) is 4.79 Å². The van der Waals surface area contributed by atoms with E-state index in [0.717, 1.165) is 19.5 Å². The van der Waals surface area contributed by atoms with E-state index in [2.05, 4.69) is 53.7 Å². The van der Waals surface area contributed by atoms with Crippen LogP contribution in [-0.4, -0.2) is 42.0 Å². The van der Waals surface area contributed by atoms with Crippen LogP contribution in [0.5, 0.6) is 0 Å². The zero-order valence-corrected chi connectivity index (χ0v) is 16.4. The molecule has 2 N–H and O–H groups in total. The highest BCUT2D eigenvalue weighted by Crippen LogP contribution is 2.50. The second-order valence-corrected chi connectivity index (χ2v) is 8.44. The van der Waals surface area contributed by atoms with Crippen LogP contribution in [0.1, 0.15) is 57.6 Å². The SMILES string of the molecule is CCCN1C[C@@H](NC(=O)C(C)C)C=C2c3cccc4c3[C@H](C[C@H]21)C(C)N4. The molecule has 0 fully saturated rings. The van der Waals surface area contributed by atoms with Gasteiger partial charge < -0.3 is 10.6 Å². The first-order chi connectivity index (χ1) is 12.5. The summed E-state index contributed by atoms with van der Waals surface area (Å²) in [6.45, 7) is 10.5. The molecule has 26 heavy (non-hydrogen) atoms. The molecule has 1 unspecified atom stereocenters. The fourth-order valence-electron chi connectivity index (χ4n) is 4.97. The number of amides is 1. The first kappa shape index (κ1) is 17.6. The molecule has 2 aliphatic heterocycles. The maximum Gasteiger partial charge on any atom is 0.223 e. The molecule has 4 heteroatoms. The standard InChI is InChI=1S/C22H31N3O/c1-5-9-25-12-15(24-22(26)13(2)3)10-18-16-7-6-8-19-21(16)17(11-20(18)25)14(4)23-19/h6-8,10,13-15,17,20,23H,5,9,11-12H2,1-4H3,(H,24,26)/t14?,15-,17+,20+/m0/s1. The largest absolute Gasteiger partial charge is 0.382 e. The lowest BCUT2D eigenvalue weighted by Crippen LogP contribution is -2.52. The van der Waals surface area contributed by atoms with Crippen molar-refractivity contribution in [1.29, 1.82) is 0 Å². The highest BCUT2D eigenvalue weighted by atomic mass is 16.1. The molecule has 4 rings (SSSR count). The Morgan fingerprint density at radius 2 is 2.19 bits per heavy atom. The lowest BCUT2D eigenvalue weighted by atomic mass is 9.73. The number of carbonyl (C=O) groups is 1. The summed E-state index contributed by atoms with van der Waals surface area (Å²) in [4.78, 5) is 14.9. The molecule has 1 aromatic rings. The van der Waals surface area contributed by atoms with Gasteiger partial charge >= 0.3 is 0 Å². The van der Waals surface area contributed by atoms with Crippen molar-refractivity contribution in [3.8, 4) is 0 Å². The van der Waals surface area contributed by atoms with Crippen molar-refractivity contribution < 1.29 is 4.79 Å². The zero-order valence-electron chi connectivity index (χ0n) is 16.4. The van der Waals surface area contributed by atoms with Gasteiger partial charge in [0.25, 0.3) is 0 Å². The third kappa shape index (κ3) is 2.84. The van der Waals surface area contributed by atoms with Crippen molar-refractivity contribution in [2.24, 2.45) is 5.92 Å². The predicted molar refractivity (Wildman–Crippen MR) is 107 cm³/mol. The number of fused-ring (bicyclic) bond motifs is 2. The number of nitrogens with one attached hydrogen (secondary N) is 2. The van der Waals surface area contributed by atoms with E-state index in [-0.39, 0.29) is 17.9 Å². The highest BCUT2D eigenvalue weighted by Gasteiger charge is 2.43. The second kappa shape index (κ2) is 6.73. The summed E-state index contributed by atoms with van der Waals surface area (Å²) in [6.07, 6.45) is 4.65. The minimum absolute atomic E-state index is 0.0208. The molecule has 0 spiro atoms. The summed E-state index contributed by atoms with van der Waals surface area (Å²) in [6, 6.07) is 7.72. The minimum Gasteiger partial charge on any atom is -0.382 e. The van der Waals surface area contributed by atoms with Crippen LogP contribution in [0.3, 0.4) is 0 Å². The van der Waals surface area contributed by atoms with E-state index in [1.54, 1.807) is 0 Å².